The van der Waals surface area contributed by atoms with Crippen LogP contribution in [-0.4, -0.2) is 93.5 Å². The Hall–Kier alpha value is -4.44. The molecule has 57 heavy (non-hydrogen) atoms. The van der Waals surface area contributed by atoms with Crippen molar-refractivity contribution in [2.24, 2.45) is 0 Å². The molecule has 0 aliphatic rings. The zero-order valence-electron chi connectivity index (χ0n) is 34.3. The Morgan fingerprint density at radius 3 is 1.91 bits per heavy atom. The van der Waals surface area contributed by atoms with E-state index in [4.69, 9.17) is 23.7 Å². The van der Waals surface area contributed by atoms with Crippen LogP contribution < -0.4 is 15.5 Å². The Labute approximate surface area is 335 Å². The van der Waals surface area contributed by atoms with Crippen LogP contribution in [0.5, 0.6) is 0 Å². The third kappa shape index (κ3) is 15.8. The van der Waals surface area contributed by atoms with Gasteiger partial charge < -0.3 is 28.3 Å². The lowest BCUT2D eigenvalue weighted by molar-refractivity contribution is -0.149. The SMILES string of the molecule is CCCCCCOC(=O)C(C)(C)NP(=O)(CO[C@H](C)Cn1cnc2c(NC(=O)OCCOC(=O)c3ccccc3)ncnc21)NC(C)(C)C(=O)OCCCCCC. The van der Waals surface area contributed by atoms with E-state index in [2.05, 4.69) is 44.3 Å². The number of anilines is 1. The smallest absolute Gasteiger partial charge is 0.412 e. The molecule has 0 spiro atoms. The fourth-order valence-electron chi connectivity index (χ4n) is 5.56. The molecular weight excluding hydrogens is 757 g/mol. The second-order valence-electron chi connectivity index (χ2n) is 14.8. The summed E-state index contributed by atoms with van der Waals surface area (Å²) < 4.78 is 43.8. The Kier molecular flexibility index (Phi) is 19.0. The van der Waals surface area contributed by atoms with Crippen molar-refractivity contribution in [1.29, 1.82) is 0 Å². The van der Waals surface area contributed by atoms with Gasteiger partial charge in [-0.3, -0.25) is 19.5 Å². The zero-order chi connectivity index (χ0) is 41.9. The molecule has 0 bridgehead atoms. The molecule has 0 saturated carbocycles. The average molecular weight is 818 g/mol. The fourth-order valence-corrected chi connectivity index (χ4v) is 8.20. The maximum atomic E-state index is 14.7. The molecule has 1 atom stereocenters. The van der Waals surface area contributed by atoms with Gasteiger partial charge in [-0.05, 0) is 59.6 Å². The maximum Gasteiger partial charge on any atom is 0.412 e. The summed E-state index contributed by atoms with van der Waals surface area (Å²) in [5, 5.41) is 8.41. The van der Waals surface area contributed by atoms with Crippen molar-refractivity contribution in [2.45, 2.75) is 124 Å². The van der Waals surface area contributed by atoms with Gasteiger partial charge in [0.2, 0.25) is 7.44 Å². The Morgan fingerprint density at radius 1 is 0.754 bits per heavy atom. The summed E-state index contributed by atoms with van der Waals surface area (Å²) in [5.41, 5.74) is -1.79. The monoisotopic (exact) mass is 817 g/mol. The van der Waals surface area contributed by atoms with Crippen LogP contribution in [0.3, 0.4) is 0 Å². The van der Waals surface area contributed by atoms with Gasteiger partial charge in [-0.2, -0.15) is 0 Å². The summed E-state index contributed by atoms with van der Waals surface area (Å²) in [5.74, 6) is -1.62. The van der Waals surface area contributed by atoms with E-state index in [1.807, 2.05) is 0 Å². The third-order valence-corrected chi connectivity index (χ3v) is 10.9. The van der Waals surface area contributed by atoms with Gasteiger partial charge in [0, 0.05) is 0 Å². The van der Waals surface area contributed by atoms with Crippen molar-refractivity contribution in [2.75, 3.05) is 38.1 Å². The number of hydrogen-bond donors (Lipinski definition) is 3. The van der Waals surface area contributed by atoms with Gasteiger partial charge in [-0.25, -0.2) is 34.7 Å². The summed E-state index contributed by atoms with van der Waals surface area (Å²) in [6.07, 6.45) is 8.35. The van der Waals surface area contributed by atoms with E-state index in [0.29, 0.717) is 24.1 Å². The van der Waals surface area contributed by atoms with Gasteiger partial charge >= 0.3 is 24.0 Å². The molecule has 3 N–H and O–H groups in total. The van der Waals surface area contributed by atoms with Crippen LogP contribution >= 0.6 is 7.44 Å². The van der Waals surface area contributed by atoms with E-state index in [9.17, 15) is 23.7 Å². The molecule has 2 heterocycles. The number of unbranched alkanes of at least 4 members (excludes halogenated alkanes) is 6. The molecule has 0 aliphatic heterocycles. The predicted octanol–water partition coefficient (Wildman–Crippen LogP) is 6.77. The zero-order valence-corrected chi connectivity index (χ0v) is 35.2. The third-order valence-electron chi connectivity index (χ3n) is 8.58. The number of carbonyl (C=O) groups excluding carboxylic acids is 4. The van der Waals surface area contributed by atoms with Crippen molar-refractivity contribution in [3.05, 3.63) is 48.5 Å². The van der Waals surface area contributed by atoms with Crippen molar-refractivity contribution in [3.8, 4) is 0 Å². The molecule has 316 valence electrons. The summed E-state index contributed by atoms with van der Waals surface area (Å²) in [6.45, 7) is 12.5. The first-order valence-corrected chi connectivity index (χ1v) is 21.5. The van der Waals surface area contributed by atoms with Gasteiger partial charge in [0.15, 0.2) is 17.0 Å². The highest BCUT2D eigenvalue weighted by atomic mass is 31.2. The number of nitrogens with zero attached hydrogens (tertiary/aromatic N) is 4. The maximum absolute atomic E-state index is 14.7. The molecule has 0 saturated heterocycles. The molecule has 0 unspecified atom stereocenters. The Bertz CT molecular complexity index is 1740. The highest BCUT2D eigenvalue weighted by molar-refractivity contribution is 7.59. The number of rotatable bonds is 26. The summed E-state index contributed by atoms with van der Waals surface area (Å²) >= 11 is 0. The molecule has 2 aromatic heterocycles. The van der Waals surface area contributed by atoms with E-state index in [0.717, 1.165) is 38.5 Å². The minimum atomic E-state index is -3.88. The first-order chi connectivity index (χ1) is 27.1. The lowest BCUT2D eigenvalue weighted by Gasteiger charge is -2.35. The minimum Gasteiger partial charge on any atom is -0.464 e. The number of benzene rings is 1. The summed E-state index contributed by atoms with van der Waals surface area (Å²) in [6, 6.07) is 8.44. The number of esters is 3. The molecular formula is C39H60N7O10P. The standard InChI is InChI=1S/C39H60N7O10P/c1-8-10-12-17-21-53-35(48)38(4,5)44-57(51,45-39(6,7)36(49)54-22-18-13-11-9-2)28-56-29(3)25-46-27-42-31-32(40-26-41-33(31)46)43-37(50)55-24-23-52-34(47)30-19-15-14-16-20-30/h14-16,19-20,26-27,29H,8-13,17-18,21-25,28H2,1-7H3,(H2,44,45,51)(H,40,41,43,50)/t29-/m1/s1. The van der Waals surface area contributed by atoms with Crippen LogP contribution in [0, 0.1) is 0 Å². The molecule has 1 amide bonds. The summed E-state index contributed by atoms with van der Waals surface area (Å²) in [4.78, 5) is 63.7. The molecule has 0 radical (unpaired) electrons. The normalized spacial score (nSPS) is 12.5. The second kappa shape index (κ2) is 23.1. The van der Waals surface area contributed by atoms with Gasteiger partial charge in [-0.1, -0.05) is 70.6 Å². The Balaban J connectivity index is 1.65. The number of ether oxygens (including phenoxy) is 5. The van der Waals surface area contributed by atoms with Gasteiger partial charge in [0.25, 0.3) is 0 Å². The molecule has 17 nitrogen and oxygen atoms in total. The second-order valence-corrected chi connectivity index (χ2v) is 17.0. The number of amides is 1. The van der Waals surface area contributed by atoms with Crippen molar-refractivity contribution < 1.29 is 47.4 Å². The number of fused-ring (bicyclic) bond motifs is 1. The van der Waals surface area contributed by atoms with E-state index >= 15 is 0 Å². The highest BCUT2D eigenvalue weighted by Gasteiger charge is 2.43. The molecule has 0 fully saturated rings. The van der Waals surface area contributed by atoms with Crippen LogP contribution in [0.1, 0.15) is 110 Å². The van der Waals surface area contributed by atoms with Gasteiger partial charge in [-0.15, -0.1) is 0 Å². The van der Waals surface area contributed by atoms with Crippen LogP contribution in [0.2, 0.25) is 0 Å². The minimum absolute atomic E-state index is 0.0930. The van der Waals surface area contributed by atoms with Gasteiger partial charge in [0.05, 0.1) is 37.8 Å². The number of aromatic nitrogens is 4. The largest absolute Gasteiger partial charge is 0.464 e. The lowest BCUT2D eigenvalue weighted by atomic mass is 10.1. The first-order valence-electron chi connectivity index (χ1n) is 19.6. The number of nitrogens with one attached hydrogen (secondary N) is 3. The molecule has 3 rings (SSSR count). The van der Waals surface area contributed by atoms with Crippen LogP contribution in [0.25, 0.3) is 11.2 Å². The van der Waals surface area contributed by atoms with Gasteiger partial charge in [0.1, 0.15) is 37.0 Å². The van der Waals surface area contributed by atoms with E-state index < -0.39 is 55.0 Å². The van der Waals surface area contributed by atoms with Crippen LogP contribution in [0.4, 0.5) is 10.6 Å². The molecule has 18 heteroatoms. The summed E-state index contributed by atoms with van der Waals surface area (Å²) in [7, 11) is -3.88. The van der Waals surface area contributed by atoms with Crippen LogP contribution in [0.15, 0.2) is 43.0 Å². The number of imidazole rings is 1. The van der Waals surface area contributed by atoms with E-state index in [1.165, 1.54) is 12.7 Å². The number of hydrogen-bond acceptors (Lipinski definition) is 13. The molecule has 1 aromatic carbocycles. The van der Waals surface area contributed by atoms with E-state index in [1.54, 1.807) is 69.5 Å². The highest BCUT2D eigenvalue weighted by Crippen LogP contribution is 2.42. The predicted molar refractivity (Wildman–Crippen MR) is 215 cm³/mol. The van der Waals surface area contributed by atoms with Crippen molar-refractivity contribution in [1.82, 2.24) is 29.7 Å². The quantitative estimate of drug-likeness (QED) is 0.0330. The first kappa shape index (κ1) is 46.9. The van der Waals surface area contributed by atoms with Crippen molar-refractivity contribution >= 4 is 48.4 Å². The van der Waals surface area contributed by atoms with E-state index in [-0.39, 0.29) is 44.3 Å². The average Bonchev–Trinajstić information content (AvgIpc) is 3.58. The van der Waals surface area contributed by atoms with Crippen molar-refractivity contribution in [3.63, 3.8) is 0 Å². The molecule has 3 aromatic rings. The number of carbonyl (C=O) groups is 4. The molecule has 0 aliphatic carbocycles. The van der Waals surface area contributed by atoms with Crippen LogP contribution in [-0.2, 0) is 44.4 Å². The lowest BCUT2D eigenvalue weighted by Crippen LogP contribution is -2.54. The fraction of sp³-hybridized carbons (Fsp3) is 0.615. The topological polar surface area (TPSA) is 211 Å². The Morgan fingerprint density at radius 2 is 1.33 bits per heavy atom.